The molecule has 8 nitrogen and oxygen atoms in total. The maximum absolute atomic E-state index is 13.5. The molecule has 0 aliphatic rings. The van der Waals surface area contributed by atoms with Gasteiger partial charge in [-0.2, -0.15) is 5.10 Å². The highest BCUT2D eigenvalue weighted by Crippen LogP contribution is 2.28. The number of carbonyl (C=O) groups is 1. The molecule has 1 N–H and O–H groups in total. The number of rotatable bonds is 11. The molecule has 0 fully saturated rings. The molecule has 0 spiro atoms. The average molecular weight is 558 g/mol. The van der Waals surface area contributed by atoms with Crippen LogP contribution in [0.3, 0.4) is 0 Å². The maximum atomic E-state index is 13.5. The molecular weight excluding hydrogens is 526 g/mol. The Bertz CT molecular complexity index is 1590. The van der Waals surface area contributed by atoms with Gasteiger partial charge in [0.1, 0.15) is 13.2 Å². The smallest absolute Gasteiger partial charge is 0.264 e. The normalized spacial score (nSPS) is 11.3. The third-order valence-electron chi connectivity index (χ3n) is 6.01. The summed E-state index contributed by atoms with van der Waals surface area (Å²) in [5, 5.41) is 4.03. The van der Waals surface area contributed by atoms with Crippen LogP contribution in [0.4, 0.5) is 5.69 Å². The predicted octanol–water partition coefficient (Wildman–Crippen LogP) is 5.24. The second kappa shape index (κ2) is 12.9. The number of aryl methyl sites for hydroxylation is 2. The molecule has 0 atom stereocenters. The van der Waals surface area contributed by atoms with Gasteiger partial charge in [0.25, 0.3) is 15.9 Å². The monoisotopic (exact) mass is 557 g/mol. The number of benzene rings is 4. The molecule has 4 rings (SSSR count). The van der Waals surface area contributed by atoms with E-state index in [9.17, 15) is 13.2 Å². The number of sulfonamides is 1. The number of nitrogens with one attached hydrogen (secondary N) is 1. The number of ether oxygens (including phenoxy) is 2. The second-order valence-electron chi connectivity index (χ2n) is 9.14. The van der Waals surface area contributed by atoms with E-state index in [0.29, 0.717) is 29.4 Å². The van der Waals surface area contributed by atoms with Gasteiger partial charge in [-0.1, -0.05) is 60.2 Å². The molecule has 1 amide bonds. The van der Waals surface area contributed by atoms with Gasteiger partial charge in [-0.15, -0.1) is 0 Å². The summed E-state index contributed by atoms with van der Waals surface area (Å²) >= 11 is 0. The molecule has 0 aliphatic carbocycles. The molecule has 206 valence electrons. The highest BCUT2D eigenvalue weighted by Gasteiger charge is 2.27. The van der Waals surface area contributed by atoms with Crippen molar-refractivity contribution in [2.24, 2.45) is 5.10 Å². The Kier molecular flexibility index (Phi) is 9.19. The fraction of sp³-hybridized carbons (Fsp3) is 0.161. The summed E-state index contributed by atoms with van der Waals surface area (Å²) in [5.74, 6) is 0.492. The summed E-state index contributed by atoms with van der Waals surface area (Å²) in [5.41, 5.74) is 6.30. The third-order valence-corrected chi connectivity index (χ3v) is 7.80. The number of methoxy groups -OCH3 is 1. The summed E-state index contributed by atoms with van der Waals surface area (Å²) in [7, 11) is -2.47. The van der Waals surface area contributed by atoms with Crippen LogP contribution in [-0.4, -0.2) is 34.2 Å². The fourth-order valence-corrected chi connectivity index (χ4v) is 5.31. The van der Waals surface area contributed by atoms with E-state index in [1.54, 1.807) is 55.6 Å². The Morgan fingerprint density at radius 2 is 1.62 bits per heavy atom. The third kappa shape index (κ3) is 7.27. The van der Waals surface area contributed by atoms with E-state index in [-0.39, 0.29) is 4.90 Å². The van der Waals surface area contributed by atoms with Gasteiger partial charge < -0.3 is 9.47 Å². The van der Waals surface area contributed by atoms with Crippen molar-refractivity contribution >= 4 is 27.8 Å². The molecular formula is C31H31N3O5S. The molecule has 40 heavy (non-hydrogen) atoms. The zero-order valence-electron chi connectivity index (χ0n) is 22.6. The van der Waals surface area contributed by atoms with Gasteiger partial charge in [-0.3, -0.25) is 9.10 Å². The van der Waals surface area contributed by atoms with Crippen molar-refractivity contribution in [1.29, 1.82) is 0 Å². The van der Waals surface area contributed by atoms with Crippen molar-refractivity contribution in [3.8, 4) is 11.5 Å². The van der Waals surface area contributed by atoms with Crippen LogP contribution in [0.2, 0.25) is 0 Å². The lowest BCUT2D eigenvalue weighted by Crippen LogP contribution is -2.39. The number of nitrogens with zero attached hydrogens (tertiary/aromatic N) is 2. The van der Waals surface area contributed by atoms with E-state index in [1.165, 1.54) is 18.3 Å². The number of hydrogen-bond donors (Lipinski definition) is 1. The van der Waals surface area contributed by atoms with Crippen molar-refractivity contribution in [1.82, 2.24) is 5.43 Å². The first-order valence-corrected chi connectivity index (χ1v) is 14.0. The SMILES string of the molecule is COc1cc(/C=N\NC(=O)CN(c2cccc(C)c2)S(=O)(=O)c2ccc(C)cc2)ccc1OCc1ccccc1. The number of amides is 1. The lowest BCUT2D eigenvalue weighted by molar-refractivity contribution is -0.119. The van der Waals surface area contributed by atoms with Crippen LogP contribution in [-0.2, 0) is 21.4 Å². The molecule has 0 radical (unpaired) electrons. The summed E-state index contributed by atoms with van der Waals surface area (Å²) in [4.78, 5) is 13.0. The summed E-state index contributed by atoms with van der Waals surface area (Å²) in [6.45, 7) is 3.67. The zero-order valence-corrected chi connectivity index (χ0v) is 23.4. The van der Waals surface area contributed by atoms with Crippen molar-refractivity contribution in [2.45, 2.75) is 25.3 Å². The molecule has 0 aromatic heterocycles. The van der Waals surface area contributed by atoms with Gasteiger partial charge in [0.2, 0.25) is 0 Å². The highest BCUT2D eigenvalue weighted by atomic mass is 32.2. The van der Waals surface area contributed by atoms with Gasteiger partial charge in [-0.05, 0) is 73.0 Å². The molecule has 0 saturated heterocycles. The number of anilines is 1. The molecule has 0 unspecified atom stereocenters. The Balaban J connectivity index is 1.46. The van der Waals surface area contributed by atoms with Gasteiger partial charge in [0.05, 0.1) is 23.9 Å². The van der Waals surface area contributed by atoms with Crippen molar-refractivity contribution < 1.29 is 22.7 Å². The average Bonchev–Trinajstić information content (AvgIpc) is 2.95. The van der Waals surface area contributed by atoms with Crippen LogP contribution in [0.5, 0.6) is 11.5 Å². The van der Waals surface area contributed by atoms with Crippen LogP contribution in [0.25, 0.3) is 0 Å². The lowest BCUT2D eigenvalue weighted by atomic mass is 10.2. The Hall–Kier alpha value is -4.63. The van der Waals surface area contributed by atoms with Gasteiger partial charge in [0, 0.05) is 0 Å². The van der Waals surface area contributed by atoms with Crippen LogP contribution >= 0.6 is 0 Å². The molecule has 4 aromatic rings. The first-order valence-electron chi connectivity index (χ1n) is 12.6. The van der Waals surface area contributed by atoms with Crippen LogP contribution in [0.1, 0.15) is 22.3 Å². The summed E-state index contributed by atoms with van der Waals surface area (Å²) < 4.78 is 39.4. The standard InChI is InChI=1S/C31H31N3O5S/c1-23-12-15-28(16-13-23)40(36,37)34(27-11-7-8-24(2)18-27)21-31(35)33-32-20-26-14-17-29(30(19-26)38-3)39-22-25-9-5-4-6-10-25/h4-20H,21-22H2,1-3H3,(H,33,35)/b32-20-. The van der Waals surface area contributed by atoms with Crippen molar-refractivity contribution in [2.75, 3.05) is 18.0 Å². The van der Waals surface area contributed by atoms with Crippen LogP contribution < -0.4 is 19.2 Å². The molecule has 4 aromatic carbocycles. The van der Waals surface area contributed by atoms with Crippen LogP contribution in [0.15, 0.2) is 107 Å². The minimum atomic E-state index is -4.01. The lowest BCUT2D eigenvalue weighted by Gasteiger charge is -2.24. The van der Waals surface area contributed by atoms with E-state index in [2.05, 4.69) is 10.5 Å². The van der Waals surface area contributed by atoms with Crippen molar-refractivity contribution in [3.05, 3.63) is 119 Å². The van der Waals surface area contributed by atoms with Crippen LogP contribution in [0, 0.1) is 13.8 Å². The minimum absolute atomic E-state index is 0.0950. The van der Waals surface area contributed by atoms with E-state index >= 15 is 0 Å². The predicted molar refractivity (Wildman–Crippen MR) is 156 cm³/mol. The second-order valence-corrected chi connectivity index (χ2v) is 11.0. The molecule has 0 bridgehead atoms. The first kappa shape index (κ1) is 28.4. The highest BCUT2D eigenvalue weighted by molar-refractivity contribution is 7.92. The van der Waals surface area contributed by atoms with E-state index in [0.717, 1.165) is 21.0 Å². The van der Waals surface area contributed by atoms with E-state index in [1.807, 2.05) is 50.2 Å². The number of hydrazone groups is 1. The summed E-state index contributed by atoms with van der Waals surface area (Å²) in [6, 6.07) is 28.5. The Morgan fingerprint density at radius 3 is 2.33 bits per heavy atom. The topological polar surface area (TPSA) is 97.3 Å². The quantitative estimate of drug-likeness (QED) is 0.201. The largest absolute Gasteiger partial charge is 0.493 e. The zero-order chi connectivity index (χ0) is 28.5. The van der Waals surface area contributed by atoms with Gasteiger partial charge in [-0.25, -0.2) is 13.8 Å². The minimum Gasteiger partial charge on any atom is -0.493 e. The fourth-order valence-electron chi connectivity index (χ4n) is 3.90. The van der Waals surface area contributed by atoms with Crippen molar-refractivity contribution in [3.63, 3.8) is 0 Å². The van der Waals surface area contributed by atoms with Gasteiger partial charge >= 0.3 is 0 Å². The Morgan fingerprint density at radius 1 is 0.875 bits per heavy atom. The molecule has 9 heteroatoms. The summed E-state index contributed by atoms with van der Waals surface area (Å²) in [6.07, 6.45) is 1.45. The van der Waals surface area contributed by atoms with E-state index < -0.39 is 22.5 Å². The van der Waals surface area contributed by atoms with E-state index in [4.69, 9.17) is 9.47 Å². The molecule has 0 aliphatic heterocycles. The molecule has 0 saturated carbocycles. The number of carbonyl (C=O) groups excluding carboxylic acids is 1. The Labute approximate surface area is 234 Å². The number of hydrogen-bond acceptors (Lipinski definition) is 6. The van der Waals surface area contributed by atoms with Gasteiger partial charge in [0.15, 0.2) is 11.5 Å². The first-order chi connectivity index (χ1) is 19.3. The molecule has 0 heterocycles. The maximum Gasteiger partial charge on any atom is 0.264 e.